The molecule has 4 aliphatic carbocycles. The number of hydrogen-bond donors (Lipinski definition) is 2. The van der Waals surface area contributed by atoms with Gasteiger partial charge in [-0.3, -0.25) is 0 Å². The Labute approximate surface area is 230 Å². The van der Waals surface area contributed by atoms with E-state index in [4.69, 9.17) is 4.43 Å². The first-order valence-electron chi connectivity index (χ1n) is 16.1. The van der Waals surface area contributed by atoms with E-state index in [1.54, 1.807) is 0 Å². The van der Waals surface area contributed by atoms with Crippen molar-refractivity contribution in [1.82, 2.24) is 0 Å². The molecule has 214 valence electrons. The topological polar surface area (TPSA) is 49.7 Å². The van der Waals surface area contributed by atoms with Crippen LogP contribution in [0.25, 0.3) is 0 Å². The van der Waals surface area contributed by atoms with E-state index in [9.17, 15) is 10.2 Å². The Hall–Kier alpha value is -0.163. The average molecular weight is 533 g/mol. The molecule has 0 radical (unpaired) electrons. The Bertz CT molecular complexity index is 805. The summed E-state index contributed by atoms with van der Waals surface area (Å²) in [4.78, 5) is 0. The number of hydrogen-bond acceptors (Lipinski definition) is 3. The van der Waals surface area contributed by atoms with Gasteiger partial charge in [-0.15, -0.1) is 0 Å². The fourth-order valence-electron chi connectivity index (χ4n) is 10.0. The Kier molecular flexibility index (Phi) is 8.87. The third kappa shape index (κ3) is 5.57. The molecule has 0 aliphatic heterocycles. The molecule has 0 spiro atoms. The van der Waals surface area contributed by atoms with Crippen molar-refractivity contribution in [1.29, 1.82) is 0 Å². The minimum atomic E-state index is -1.75. The smallest absolute Gasteiger partial charge is 0.192 e. The van der Waals surface area contributed by atoms with Gasteiger partial charge in [-0.05, 0) is 124 Å². The van der Waals surface area contributed by atoms with Crippen LogP contribution in [-0.4, -0.2) is 36.3 Å². The van der Waals surface area contributed by atoms with Crippen molar-refractivity contribution in [3.63, 3.8) is 0 Å². The summed E-state index contributed by atoms with van der Waals surface area (Å²) in [6.45, 7) is 18.7. The molecule has 0 aromatic heterocycles. The van der Waals surface area contributed by atoms with Crippen LogP contribution >= 0.6 is 0 Å². The third-order valence-electron chi connectivity index (χ3n) is 12.6. The largest absolute Gasteiger partial charge is 0.410 e. The summed E-state index contributed by atoms with van der Waals surface area (Å²) in [5, 5.41) is 20.9. The van der Waals surface area contributed by atoms with Gasteiger partial charge in [0.1, 0.15) is 0 Å². The first-order chi connectivity index (χ1) is 17.3. The van der Waals surface area contributed by atoms with Crippen LogP contribution in [-0.2, 0) is 4.43 Å². The second-order valence-electron chi connectivity index (χ2n) is 15.0. The molecule has 37 heavy (non-hydrogen) atoms. The quantitative estimate of drug-likeness (QED) is 0.219. The van der Waals surface area contributed by atoms with Crippen LogP contribution in [0.3, 0.4) is 0 Å². The molecule has 4 heteroatoms. The molecular weight excluding hydrogens is 472 g/mol. The van der Waals surface area contributed by atoms with Crippen LogP contribution in [0, 0.1) is 40.4 Å². The average Bonchev–Trinajstić information content (AvgIpc) is 3.20. The highest BCUT2D eigenvalue weighted by Gasteiger charge is 2.62. The van der Waals surface area contributed by atoms with Crippen molar-refractivity contribution < 1.29 is 14.6 Å². The molecule has 4 rings (SSSR count). The van der Waals surface area contributed by atoms with Crippen molar-refractivity contribution in [3.8, 4) is 0 Å². The van der Waals surface area contributed by atoms with Crippen LogP contribution in [0.1, 0.15) is 120 Å². The van der Waals surface area contributed by atoms with Crippen molar-refractivity contribution in [2.24, 2.45) is 40.4 Å². The van der Waals surface area contributed by atoms with Gasteiger partial charge in [0.2, 0.25) is 0 Å². The molecule has 4 aliphatic rings. The lowest BCUT2D eigenvalue weighted by Crippen LogP contribution is -2.57. The summed E-state index contributed by atoms with van der Waals surface area (Å²) >= 11 is 0. The molecule has 9 atom stereocenters. The normalized spacial score (nSPS) is 41.0. The number of fused-ring (bicyclic) bond motifs is 5. The summed E-state index contributed by atoms with van der Waals surface area (Å²) in [5.41, 5.74) is 1.63. The molecule has 0 saturated heterocycles. The molecule has 0 amide bonds. The SMILES string of the molecule is CC[Si](CC)(CC)O[C@H]1C=C2C[C@@H](O)CC[C@]2(C)[C@H]2CC[C@]3(C)[C@@H]([C@H](C)CCCC(C)(C)O)CC[C@H]3[C@H]12. The summed E-state index contributed by atoms with van der Waals surface area (Å²) < 4.78 is 7.43. The van der Waals surface area contributed by atoms with Crippen LogP contribution in [0.4, 0.5) is 0 Å². The van der Waals surface area contributed by atoms with E-state index in [-0.39, 0.29) is 17.6 Å². The molecule has 0 bridgehead atoms. The van der Waals surface area contributed by atoms with Crippen LogP contribution < -0.4 is 0 Å². The van der Waals surface area contributed by atoms with Gasteiger partial charge < -0.3 is 14.6 Å². The lowest BCUT2D eigenvalue weighted by atomic mass is 9.46. The minimum absolute atomic E-state index is 0.170. The monoisotopic (exact) mass is 532 g/mol. The summed E-state index contributed by atoms with van der Waals surface area (Å²) in [7, 11) is -1.75. The highest BCUT2D eigenvalue weighted by atomic mass is 28.4. The number of aliphatic hydroxyl groups excluding tert-OH is 1. The Morgan fingerprint density at radius 3 is 2.32 bits per heavy atom. The van der Waals surface area contributed by atoms with Crippen molar-refractivity contribution in [3.05, 3.63) is 11.6 Å². The lowest BCUT2D eigenvalue weighted by Gasteiger charge is -2.60. The zero-order valence-electron chi connectivity index (χ0n) is 25.6. The minimum Gasteiger partial charge on any atom is -0.410 e. The number of aliphatic hydroxyl groups is 2. The maximum atomic E-state index is 10.6. The Morgan fingerprint density at radius 1 is 1.03 bits per heavy atom. The fraction of sp³-hybridized carbons (Fsp3) is 0.939. The molecule has 0 unspecified atom stereocenters. The standard InChI is InChI=1S/C33H60O3Si/c1-9-37(10-2,11-3)36-29-22-24-21-25(34)16-19-32(24,7)28-17-20-33(8)26(14-15-27(33)30(28)29)23(4)13-12-18-31(5,6)35/h22-23,25-30,34-35H,9-21H2,1-8H3/t23-,25+,26-,27+,28+,29+,30+,32+,33-/m1/s1. The van der Waals surface area contributed by atoms with Gasteiger partial charge in [-0.25, -0.2) is 0 Å². The molecular formula is C33H60O3Si. The highest BCUT2D eigenvalue weighted by molar-refractivity contribution is 6.73. The van der Waals surface area contributed by atoms with Crippen molar-refractivity contribution >= 4 is 8.32 Å². The van der Waals surface area contributed by atoms with Gasteiger partial charge in [-0.1, -0.05) is 66.0 Å². The first kappa shape index (κ1) is 29.8. The predicted octanol–water partition coefficient (Wildman–Crippen LogP) is 8.50. The van der Waals surface area contributed by atoms with E-state index in [0.717, 1.165) is 49.9 Å². The molecule has 3 nitrogen and oxygen atoms in total. The molecule has 3 saturated carbocycles. The van der Waals surface area contributed by atoms with E-state index in [2.05, 4.69) is 47.6 Å². The Balaban J connectivity index is 1.64. The second-order valence-corrected chi connectivity index (χ2v) is 19.8. The maximum absolute atomic E-state index is 10.6. The van der Waals surface area contributed by atoms with Gasteiger partial charge in [0, 0.05) is 0 Å². The molecule has 0 aromatic carbocycles. The molecule has 0 aromatic rings. The maximum Gasteiger partial charge on any atom is 0.192 e. The van der Waals surface area contributed by atoms with Gasteiger partial charge in [0.25, 0.3) is 0 Å². The van der Waals surface area contributed by atoms with E-state index >= 15 is 0 Å². The van der Waals surface area contributed by atoms with Crippen LogP contribution in [0.5, 0.6) is 0 Å². The third-order valence-corrected chi connectivity index (χ3v) is 17.2. The zero-order chi connectivity index (χ0) is 27.2. The molecule has 0 heterocycles. The van der Waals surface area contributed by atoms with E-state index in [0.29, 0.717) is 17.3 Å². The predicted molar refractivity (Wildman–Crippen MR) is 158 cm³/mol. The summed E-state index contributed by atoms with van der Waals surface area (Å²) in [6, 6.07) is 3.62. The van der Waals surface area contributed by atoms with Gasteiger partial charge in [0.05, 0.1) is 17.8 Å². The van der Waals surface area contributed by atoms with E-state index in [1.165, 1.54) is 55.8 Å². The van der Waals surface area contributed by atoms with E-state index in [1.807, 2.05) is 13.8 Å². The highest BCUT2D eigenvalue weighted by Crippen LogP contribution is 2.68. The Morgan fingerprint density at radius 2 is 1.70 bits per heavy atom. The summed E-state index contributed by atoms with van der Waals surface area (Å²) in [6.07, 6.45) is 14.3. The first-order valence-corrected chi connectivity index (χ1v) is 18.6. The zero-order valence-corrected chi connectivity index (χ0v) is 26.6. The van der Waals surface area contributed by atoms with Crippen molar-refractivity contribution in [2.75, 3.05) is 0 Å². The number of rotatable bonds is 10. The van der Waals surface area contributed by atoms with Gasteiger partial charge in [0.15, 0.2) is 8.32 Å². The second kappa shape index (κ2) is 11.0. The van der Waals surface area contributed by atoms with E-state index < -0.39 is 13.9 Å². The van der Waals surface area contributed by atoms with Gasteiger partial charge in [-0.2, -0.15) is 0 Å². The van der Waals surface area contributed by atoms with Crippen LogP contribution in [0.2, 0.25) is 18.1 Å². The fourth-order valence-corrected chi connectivity index (χ4v) is 12.8. The molecule has 2 N–H and O–H groups in total. The van der Waals surface area contributed by atoms with Crippen molar-refractivity contribution in [2.45, 2.75) is 156 Å². The lowest BCUT2D eigenvalue weighted by molar-refractivity contribution is -0.0936. The van der Waals surface area contributed by atoms with Gasteiger partial charge >= 0.3 is 0 Å². The summed E-state index contributed by atoms with van der Waals surface area (Å²) in [5.74, 6) is 3.59. The molecule has 3 fully saturated rings. The van der Waals surface area contributed by atoms with Crippen LogP contribution in [0.15, 0.2) is 11.6 Å².